The zero-order chi connectivity index (χ0) is 18.7. The summed E-state index contributed by atoms with van der Waals surface area (Å²) in [6.07, 6.45) is -0.652. The van der Waals surface area contributed by atoms with Crippen molar-refractivity contribution < 1.29 is 9.90 Å². The molecule has 0 bridgehead atoms. The van der Waals surface area contributed by atoms with Crippen LogP contribution in [-0.2, 0) is 0 Å². The minimum Gasteiger partial charge on any atom is -0.395 e. The second-order valence-electron chi connectivity index (χ2n) is 6.35. The van der Waals surface area contributed by atoms with Crippen molar-refractivity contribution in [3.8, 4) is 17.3 Å². The maximum Gasteiger partial charge on any atom is 0.271 e. The zero-order valence-electron chi connectivity index (χ0n) is 14.9. The number of aliphatic hydroxyl groups excluding tert-OH is 1. The predicted molar refractivity (Wildman–Crippen MR) is 95.9 cm³/mol. The van der Waals surface area contributed by atoms with Crippen molar-refractivity contribution in [2.24, 2.45) is 0 Å². The smallest absolute Gasteiger partial charge is 0.271 e. The number of rotatable bonds is 5. The van der Waals surface area contributed by atoms with E-state index in [1.807, 2.05) is 26.8 Å². The number of hydrogen-bond donors (Lipinski definition) is 3. The van der Waals surface area contributed by atoms with Gasteiger partial charge in [0.05, 0.1) is 23.4 Å². The molecule has 0 aliphatic rings. The van der Waals surface area contributed by atoms with Crippen LogP contribution in [0.15, 0.2) is 18.2 Å². The lowest BCUT2D eigenvalue weighted by Gasteiger charge is -2.12. The molecule has 0 fully saturated rings. The summed E-state index contributed by atoms with van der Waals surface area (Å²) in [6, 6.07) is 7.37. The highest BCUT2D eigenvalue weighted by Gasteiger charge is 2.24. The van der Waals surface area contributed by atoms with Crippen molar-refractivity contribution >= 4 is 11.6 Å². The lowest BCUT2D eigenvalue weighted by atomic mass is 10.0. The Morgan fingerprint density at radius 1 is 1.44 bits per heavy atom. The van der Waals surface area contributed by atoms with Crippen molar-refractivity contribution in [2.75, 3.05) is 12.3 Å². The van der Waals surface area contributed by atoms with Gasteiger partial charge in [0.1, 0.15) is 11.4 Å². The molecule has 2 rings (SSSR count). The summed E-state index contributed by atoms with van der Waals surface area (Å²) in [5.74, 6) is -0.379. The second-order valence-corrected chi connectivity index (χ2v) is 6.35. The molecule has 7 nitrogen and oxygen atoms in total. The third-order valence-electron chi connectivity index (χ3n) is 3.83. The van der Waals surface area contributed by atoms with Gasteiger partial charge in [-0.05, 0) is 45.4 Å². The molecule has 4 N–H and O–H groups in total. The summed E-state index contributed by atoms with van der Waals surface area (Å²) in [6.45, 7) is 7.38. The molecule has 0 unspecified atom stereocenters. The van der Waals surface area contributed by atoms with E-state index in [0.29, 0.717) is 11.3 Å². The topological polar surface area (TPSA) is 117 Å². The average Bonchev–Trinajstić information content (AvgIpc) is 2.90. The van der Waals surface area contributed by atoms with Gasteiger partial charge in [-0.25, -0.2) is 0 Å². The van der Waals surface area contributed by atoms with Gasteiger partial charge < -0.3 is 16.2 Å². The van der Waals surface area contributed by atoms with E-state index in [9.17, 15) is 9.90 Å². The van der Waals surface area contributed by atoms with Gasteiger partial charge in [-0.3, -0.25) is 9.48 Å². The molecule has 0 saturated carbocycles. The van der Waals surface area contributed by atoms with E-state index in [2.05, 4.69) is 16.5 Å². The monoisotopic (exact) mass is 341 g/mol. The van der Waals surface area contributed by atoms with E-state index < -0.39 is 6.10 Å². The van der Waals surface area contributed by atoms with Gasteiger partial charge in [-0.1, -0.05) is 6.07 Å². The Balaban J connectivity index is 2.51. The highest BCUT2D eigenvalue weighted by Crippen LogP contribution is 2.30. The Morgan fingerprint density at radius 3 is 2.64 bits per heavy atom. The first-order chi connectivity index (χ1) is 11.8. The number of carbonyl (C=O) groups excluding carboxylic acids is 1. The maximum atomic E-state index is 12.5. The fourth-order valence-corrected chi connectivity index (χ4v) is 2.52. The first kappa shape index (κ1) is 18.5. The van der Waals surface area contributed by atoms with Crippen molar-refractivity contribution in [1.82, 2.24) is 15.1 Å². The Labute approximate surface area is 147 Å². The van der Waals surface area contributed by atoms with Crippen LogP contribution in [0.5, 0.6) is 0 Å². The summed E-state index contributed by atoms with van der Waals surface area (Å²) in [4.78, 5) is 12.5. The molecule has 0 aliphatic carbocycles. The Bertz CT molecular complexity index is 831. The van der Waals surface area contributed by atoms with E-state index >= 15 is 0 Å². The standard InChI is InChI=1S/C18H23N5O2/c1-10(2)23-17(18(25)21-9-12(4)24)15(20)16(22-23)13-5-6-14(8-19)11(3)7-13/h5-7,10,12,24H,9,20H2,1-4H3,(H,21,25)/t12-/m0/s1. The molecule has 132 valence electrons. The minimum absolute atomic E-state index is 0.0668. The SMILES string of the molecule is Cc1cc(-c2nn(C(C)C)c(C(=O)NC[C@H](C)O)c2N)ccc1C#N. The molecule has 1 heterocycles. The first-order valence-corrected chi connectivity index (χ1v) is 8.11. The molecule has 0 radical (unpaired) electrons. The number of aryl methyl sites for hydroxylation is 1. The third kappa shape index (κ3) is 3.80. The molecule has 1 aromatic carbocycles. The Morgan fingerprint density at radius 2 is 2.12 bits per heavy atom. The number of aliphatic hydroxyl groups is 1. The number of hydrogen-bond acceptors (Lipinski definition) is 5. The van der Waals surface area contributed by atoms with Crippen LogP contribution in [0.2, 0.25) is 0 Å². The predicted octanol–water partition coefficient (Wildman–Crippen LogP) is 2.00. The molecule has 1 atom stereocenters. The number of carbonyl (C=O) groups is 1. The molecule has 2 aromatic rings. The van der Waals surface area contributed by atoms with Crippen LogP contribution >= 0.6 is 0 Å². The summed E-state index contributed by atoms with van der Waals surface area (Å²) < 4.78 is 1.58. The zero-order valence-corrected chi connectivity index (χ0v) is 14.9. The van der Waals surface area contributed by atoms with E-state index in [0.717, 1.165) is 11.1 Å². The van der Waals surface area contributed by atoms with Gasteiger partial charge in [-0.2, -0.15) is 10.4 Å². The highest BCUT2D eigenvalue weighted by molar-refractivity contribution is 6.00. The summed E-state index contributed by atoms with van der Waals surface area (Å²) in [5.41, 5.74) is 9.43. The number of benzene rings is 1. The summed E-state index contributed by atoms with van der Waals surface area (Å²) in [7, 11) is 0. The van der Waals surface area contributed by atoms with Crippen LogP contribution in [0.25, 0.3) is 11.3 Å². The van der Waals surface area contributed by atoms with Crippen molar-refractivity contribution in [3.63, 3.8) is 0 Å². The molecular weight excluding hydrogens is 318 g/mol. The fraction of sp³-hybridized carbons (Fsp3) is 0.389. The van der Waals surface area contributed by atoms with Crippen LogP contribution < -0.4 is 11.1 Å². The number of amides is 1. The molecule has 25 heavy (non-hydrogen) atoms. The number of anilines is 1. The number of aromatic nitrogens is 2. The number of nitrogen functional groups attached to an aromatic ring is 1. The van der Waals surface area contributed by atoms with Crippen LogP contribution in [-0.4, -0.2) is 33.4 Å². The van der Waals surface area contributed by atoms with Gasteiger partial charge in [0.15, 0.2) is 0 Å². The van der Waals surface area contributed by atoms with Crippen molar-refractivity contribution in [2.45, 2.75) is 39.8 Å². The lowest BCUT2D eigenvalue weighted by Crippen LogP contribution is -2.33. The first-order valence-electron chi connectivity index (χ1n) is 8.11. The lowest BCUT2D eigenvalue weighted by molar-refractivity contribution is 0.0912. The normalized spacial score (nSPS) is 12.0. The number of nitrogens with two attached hydrogens (primary N) is 1. The minimum atomic E-state index is -0.652. The maximum absolute atomic E-state index is 12.5. The Hall–Kier alpha value is -2.85. The van der Waals surface area contributed by atoms with Gasteiger partial charge >= 0.3 is 0 Å². The molecule has 0 aliphatic heterocycles. The van der Waals surface area contributed by atoms with E-state index in [1.54, 1.807) is 23.7 Å². The number of nitriles is 1. The van der Waals surface area contributed by atoms with Crippen LogP contribution in [0, 0.1) is 18.3 Å². The molecule has 7 heteroatoms. The summed E-state index contributed by atoms with van der Waals surface area (Å²) in [5, 5.41) is 25.6. The van der Waals surface area contributed by atoms with Crippen LogP contribution in [0.4, 0.5) is 5.69 Å². The molecule has 1 amide bonds. The van der Waals surface area contributed by atoms with Gasteiger partial charge in [-0.15, -0.1) is 0 Å². The average molecular weight is 341 g/mol. The third-order valence-corrected chi connectivity index (χ3v) is 3.83. The summed E-state index contributed by atoms with van der Waals surface area (Å²) >= 11 is 0. The molecule has 0 spiro atoms. The largest absolute Gasteiger partial charge is 0.395 e. The van der Waals surface area contributed by atoms with Gasteiger partial charge in [0.2, 0.25) is 0 Å². The molecule has 0 saturated heterocycles. The van der Waals surface area contributed by atoms with E-state index in [-0.39, 0.29) is 29.9 Å². The van der Waals surface area contributed by atoms with E-state index in [4.69, 9.17) is 11.0 Å². The highest BCUT2D eigenvalue weighted by atomic mass is 16.3. The molecular formula is C18H23N5O2. The molecule has 1 aromatic heterocycles. The second kappa shape index (κ2) is 7.36. The van der Waals surface area contributed by atoms with E-state index in [1.165, 1.54) is 0 Å². The van der Waals surface area contributed by atoms with Crippen LogP contribution in [0.3, 0.4) is 0 Å². The Kier molecular flexibility index (Phi) is 5.45. The van der Waals surface area contributed by atoms with Gasteiger partial charge in [0, 0.05) is 18.2 Å². The van der Waals surface area contributed by atoms with Crippen molar-refractivity contribution in [3.05, 3.63) is 35.0 Å². The quantitative estimate of drug-likeness (QED) is 0.769. The van der Waals surface area contributed by atoms with Crippen molar-refractivity contribution in [1.29, 1.82) is 5.26 Å². The number of nitrogens with zero attached hydrogens (tertiary/aromatic N) is 3. The fourth-order valence-electron chi connectivity index (χ4n) is 2.52. The van der Waals surface area contributed by atoms with Crippen LogP contribution in [0.1, 0.15) is 48.4 Å². The number of nitrogens with one attached hydrogen (secondary N) is 1. The van der Waals surface area contributed by atoms with Gasteiger partial charge in [0.25, 0.3) is 5.91 Å².